The third kappa shape index (κ3) is 5.01. The summed E-state index contributed by atoms with van der Waals surface area (Å²) in [5.41, 5.74) is 1.26. The van der Waals surface area contributed by atoms with Gasteiger partial charge in [-0.05, 0) is 12.0 Å². The molecular formula is C16H20BrN3O. The molecule has 1 aromatic carbocycles. The van der Waals surface area contributed by atoms with E-state index in [1.807, 2.05) is 12.1 Å². The van der Waals surface area contributed by atoms with E-state index in [1.54, 1.807) is 6.33 Å². The van der Waals surface area contributed by atoms with Crippen molar-refractivity contribution in [3.63, 3.8) is 0 Å². The number of aromatic nitrogens is 2. The summed E-state index contributed by atoms with van der Waals surface area (Å²) in [4.78, 5) is 10.7. The van der Waals surface area contributed by atoms with Crippen LogP contribution in [-0.4, -0.2) is 28.4 Å². The van der Waals surface area contributed by atoms with Gasteiger partial charge in [0.25, 0.3) is 0 Å². The second-order valence-corrected chi connectivity index (χ2v) is 5.45. The molecular weight excluding hydrogens is 330 g/mol. The van der Waals surface area contributed by atoms with Crippen LogP contribution in [0.3, 0.4) is 0 Å². The highest BCUT2D eigenvalue weighted by Gasteiger charge is 2.10. The number of rotatable bonds is 8. The van der Waals surface area contributed by atoms with Crippen molar-refractivity contribution in [2.24, 2.45) is 0 Å². The van der Waals surface area contributed by atoms with E-state index >= 15 is 0 Å². The van der Waals surface area contributed by atoms with E-state index in [9.17, 15) is 0 Å². The van der Waals surface area contributed by atoms with Crippen molar-refractivity contribution >= 4 is 21.7 Å². The Bertz CT molecular complexity index is 536. The second kappa shape index (κ2) is 8.62. The maximum absolute atomic E-state index is 5.58. The Labute approximate surface area is 134 Å². The zero-order chi connectivity index (χ0) is 14.9. The van der Waals surface area contributed by atoms with Gasteiger partial charge in [-0.1, -0.05) is 53.2 Å². The minimum atomic E-state index is 0.634. The predicted octanol–water partition coefficient (Wildman–Crippen LogP) is 3.67. The van der Waals surface area contributed by atoms with Crippen LogP contribution >= 0.6 is 15.9 Å². The standard InChI is InChI=1S/C16H20BrN3O/c1-2-10-21-16-11-15(18-13-19-16)20(9-8-17)12-14-6-4-3-5-7-14/h3-7,11,13H,2,8-10,12H2,1H3. The number of ether oxygens (including phenoxy) is 1. The molecule has 0 bridgehead atoms. The number of halogens is 1. The zero-order valence-corrected chi connectivity index (χ0v) is 13.8. The molecule has 1 aromatic heterocycles. The smallest absolute Gasteiger partial charge is 0.218 e. The van der Waals surface area contributed by atoms with E-state index in [4.69, 9.17) is 4.74 Å². The van der Waals surface area contributed by atoms with Crippen LogP contribution in [0.5, 0.6) is 5.88 Å². The van der Waals surface area contributed by atoms with Gasteiger partial charge in [0.2, 0.25) is 5.88 Å². The molecule has 5 heteroatoms. The number of alkyl halides is 1. The number of hydrogen-bond acceptors (Lipinski definition) is 4. The molecule has 0 radical (unpaired) electrons. The van der Waals surface area contributed by atoms with Crippen molar-refractivity contribution in [3.05, 3.63) is 48.3 Å². The lowest BCUT2D eigenvalue weighted by molar-refractivity contribution is 0.304. The van der Waals surface area contributed by atoms with Crippen LogP contribution in [0.1, 0.15) is 18.9 Å². The predicted molar refractivity (Wildman–Crippen MR) is 89.1 cm³/mol. The average molecular weight is 350 g/mol. The molecule has 2 rings (SSSR count). The van der Waals surface area contributed by atoms with Gasteiger partial charge in [-0.3, -0.25) is 0 Å². The van der Waals surface area contributed by atoms with E-state index in [1.165, 1.54) is 5.56 Å². The molecule has 4 nitrogen and oxygen atoms in total. The van der Waals surface area contributed by atoms with Crippen molar-refractivity contribution in [2.75, 3.05) is 23.4 Å². The average Bonchev–Trinajstić information content (AvgIpc) is 2.54. The molecule has 0 aliphatic carbocycles. The van der Waals surface area contributed by atoms with E-state index < -0.39 is 0 Å². The Kier molecular flexibility index (Phi) is 6.47. The largest absolute Gasteiger partial charge is 0.478 e. The van der Waals surface area contributed by atoms with E-state index in [0.717, 1.165) is 30.7 Å². The SMILES string of the molecule is CCCOc1cc(N(CCBr)Cc2ccccc2)ncn1. The van der Waals surface area contributed by atoms with Crippen LogP contribution in [0.25, 0.3) is 0 Å². The summed E-state index contributed by atoms with van der Waals surface area (Å²) in [6.07, 6.45) is 2.53. The molecule has 112 valence electrons. The van der Waals surface area contributed by atoms with Crippen molar-refractivity contribution in [1.29, 1.82) is 0 Å². The highest BCUT2D eigenvalue weighted by Crippen LogP contribution is 2.18. The normalized spacial score (nSPS) is 10.4. The molecule has 0 fully saturated rings. The first kappa shape index (κ1) is 15.8. The van der Waals surface area contributed by atoms with Crippen molar-refractivity contribution in [2.45, 2.75) is 19.9 Å². The van der Waals surface area contributed by atoms with Crippen LogP contribution in [0.2, 0.25) is 0 Å². The quantitative estimate of drug-likeness (QED) is 0.681. The van der Waals surface area contributed by atoms with Gasteiger partial charge in [0.05, 0.1) is 6.61 Å². The minimum Gasteiger partial charge on any atom is -0.478 e. The van der Waals surface area contributed by atoms with Gasteiger partial charge in [0.1, 0.15) is 12.1 Å². The summed E-state index contributed by atoms with van der Waals surface area (Å²) in [5.74, 6) is 1.52. The van der Waals surface area contributed by atoms with Crippen LogP contribution in [0.15, 0.2) is 42.7 Å². The first-order valence-electron chi connectivity index (χ1n) is 7.13. The highest BCUT2D eigenvalue weighted by molar-refractivity contribution is 9.09. The lowest BCUT2D eigenvalue weighted by atomic mass is 10.2. The monoisotopic (exact) mass is 349 g/mol. The minimum absolute atomic E-state index is 0.634. The topological polar surface area (TPSA) is 38.2 Å². The Balaban J connectivity index is 2.13. The maximum atomic E-state index is 5.58. The molecule has 2 aromatic rings. The Hall–Kier alpha value is -1.62. The third-order valence-corrected chi connectivity index (χ3v) is 3.33. The lowest BCUT2D eigenvalue weighted by Crippen LogP contribution is -2.25. The lowest BCUT2D eigenvalue weighted by Gasteiger charge is -2.23. The van der Waals surface area contributed by atoms with Gasteiger partial charge in [0.15, 0.2) is 0 Å². The number of benzene rings is 1. The number of anilines is 1. The number of hydrogen-bond donors (Lipinski definition) is 0. The van der Waals surface area contributed by atoms with Crippen molar-refractivity contribution in [1.82, 2.24) is 9.97 Å². The molecule has 1 heterocycles. The van der Waals surface area contributed by atoms with Gasteiger partial charge in [-0.2, -0.15) is 0 Å². The van der Waals surface area contributed by atoms with Gasteiger partial charge in [-0.15, -0.1) is 0 Å². The van der Waals surface area contributed by atoms with E-state index in [-0.39, 0.29) is 0 Å². The first-order valence-corrected chi connectivity index (χ1v) is 8.25. The summed E-state index contributed by atoms with van der Waals surface area (Å²) >= 11 is 3.50. The summed E-state index contributed by atoms with van der Waals surface area (Å²) in [5, 5.41) is 0.884. The molecule has 0 amide bonds. The Morgan fingerprint density at radius 1 is 1.19 bits per heavy atom. The Morgan fingerprint density at radius 3 is 2.71 bits per heavy atom. The van der Waals surface area contributed by atoms with Gasteiger partial charge in [0, 0.05) is 24.5 Å². The molecule has 0 spiro atoms. The molecule has 0 aliphatic heterocycles. The van der Waals surface area contributed by atoms with Crippen LogP contribution < -0.4 is 9.64 Å². The van der Waals surface area contributed by atoms with Crippen molar-refractivity contribution in [3.8, 4) is 5.88 Å². The van der Waals surface area contributed by atoms with E-state index in [0.29, 0.717) is 12.5 Å². The summed E-state index contributed by atoms with van der Waals surface area (Å²) < 4.78 is 5.58. The second-order valence-electron chi connectivity index (χ2n) is 4.66. The molecule has 0 atom stereocenters. The fourth-order valence-electron chi connectivity index (χ4n) is 1.97. The summed E-state index contributed by atoms with van der Waals surface area (Å²) in [6, 6.07) is 12.3. The highest BCUT2D eigenvalue weighted by atomic mass is 79.9. The summed E-state index contributed by atoms with van der Waals surface area (Å²) in [6.45, 7) is 4.44. The van der Waals surface area contributed by atoms with E-state index in [2.05, 4.69) is 62.0 Å². The molecule has 0 N–H and O–H groups in total. The Morgan fingerprint density at radius 2 is 2.00 bits per heavy atom. The van der Waals surface area contributed by atoms with Gasteiger partial charge in [-0.25, -0.2) is 9.97 Å². The molecule has 0 aliphatic rings. The first-order chi connectivity index (χ1) is 10.3. The fourth-order valence-corrected chi connectivity index (χ4v) is 2.40. The van der Waals surface area contributed by atoms with Crippen LogP contribution in [0, 0.1) is 0 Å². The molecule has 0 saturated carbocycles. The third-order valence-electron chi connectivity index (χ3n) is 2.98. The summed E-state index contributed by atoms with van der Waals surface area (Å²) in [7, 11) is 0. The van der Waals surface area contributed by atoms with Crippen LogP contribution in [-0.2, 0) is 6.54 Å². The van der Waals surface area contributed by atoms with Gasteiger partial charge >= 0.3 is 0 Å². The maximum Gasteiger partial charge on any atom is 0.218 e. The molecule has 0 unspecified atom stereocenters. The van der Waals surface area contributed by atoms with Gasteiger partial charge < -0.3 is 9.64 Å². The van der Waals surface area contributed by atoms with Crippen LogP contribution in [0.4, 0.5) is 5.82 Å². The number of nitrogens with zero attached hydrogens (tertiary/aromatic N) is 3. The molecule has 21 heavy (non-hydrogen) atoms. The molecule has 0 saturated heterocycles. The zero-order valence-electron chi connectivity index (χ0n) is 12.2. The fraction of sp³-hybridized carbons (Fsp3) is 0.375. The van der Waals surface area contributed by atoms with Crippen molar-refractivity contribution < 1.29 is 4.74 Å².